The van der Waals surface area contributed by atoms with E-state index in [1.165, 1.54) is 26.8 Å². The first-order valence-electron chi connectivity index (χ1n) is 15.1. The van der Waals surface area contributed by atoms with Gasteiger partial charge in [-0.15, -0.1) is 0 Å². The number of hydrogen-bond donors (Lipinski definition) is 1. The Kier molecular flexibility index (Phi) is 9.59. The Labute approximate surface area is 259 Å². The molecule has 0 saturated heterocycles. The molecule has 1 aromatic carbocycles. The summed E-state index contributed by atoms with van der Waals surface area (Å²) in [6, 6.07) is 9.34. The van der Waals surface area contributed by atoms with Crippen molar-refractivity contribution in [3.05, 3.63) is 65.3 Å². The number of hydrogen-bond acceptors (Lipinski definition) is 9. The molecule has 0 amide bonds. The molecule has 0 radical (unpaired) electrons. The second-order valence-electron chi connectivity index (χ2n) is 13.1. The maximum absolute atomic E-state index is 13.1. The van der Waals surface area contributed by atoms with Crippen molar-refractivity contribution < 1.29 is 43.2 Å². The van der Waals surface area contributed by atoms with Gasteiger partial charge in [-0.05, 0) is 60.0 Å². The molecule has 0 unspecified atom stereocenters. The highest BCUT2D eigenvalue weighted by molar-refractivity contribution is 5.87. The summed E-state index contributed by atoms with van der Waals surface area (Å²) in [5.41, 5.74) is 0.869. The van der Waals surface area contributed by atoms with Crippen LogP contribution in [0.5, 0.6) is 0 Å². The Morgan fingerprint density at radius 3 is 2.14 bits per heavy atom. The van der Waals surface area contributed by atoms with Crippen LogP contribution in [-0.4, -0.2) is 59.5 Å². The second-order valence-corrected chi connectivity index (χ2v) is 13.1. The zero-order chi connectivity index (χ0) is 32.6. The maximum atomic E-state index is 13.1. The molecule has 9 nitrogen and oxygen atoms in total. The number of esters is 4. The summed E-state index contributed by atoms with van der Waals surface area (Å²) >= 11 is 0. The molecule has 9 heteroatoms. The highest BCUT2D eigenvalue weighted by atomic mass is 16.6. The SMILES string of the molecule is C=C1[C@@H](O)CC[C@@]2(C)[C@@H](OC(C)=O)[C@H](OC(C)=O)C3=C(C)[C@@H](OC(=O)/C=C/c4ccccc4)C[C@@H]([C@@H](OC(C)=O)[C@H]12)C3(C)C. The predicted octanol–water partition coefficient (Wildman–Crippen LogP) is 5.12. The number of benzene rings is 1. The van der Waals surface area contributed by atoms with Crippen molar-refractivity contribution >= 4 is 30.0 Å². The average molecular weight is 609 g/mol. The van der Waals surface area contributed by atoms with Crippen LogP contribution in [-0.2, 0) is 38.1 Å². The maximum Gasteiger partial charge on any atom is 0.331 e. The predicted molar refractivity (Wildman–Crippen MR) is 163 cm³/mol. The van der Waals surface area contributed by atoms with Gasteiger partial charge in [0.25, 0.3) is 0 Å². The van der Waals surface area contributed by atoms with E-state index in [0.717, 1.165) is 5.56 Å². The lowest BCUT2D eigenvalue weighted by Gasteiger charge is -2.60. The lowest BCUT2D eigenvalue weighted by atomic mass is 9.49. The van der Waals surface area contributed by atoms with Crippen molar-refractivity contribution in [1.29, 1.82) is 0 Å². The van der Waals surface area contributed by atoms with Gasteiger partial charge >= 0.3 is 23.9 Å². The van der Waals surface area contributed by atoms with Gasteiger partial charge < -0.3 is 24.1 Å². The van der Waals surface area contributed by atoms with E-state index in [1.54, 1.807) is 6.08 Å². The summed E-state index contributed by atoms with van der Waals surface area (Å²) in [6.45, 7) is 15.8. The van der Waals surface area contributed by atoms with Crippen LogP contribution in [0.4, 0.5) is 0 Å². The van der Waals surface area contributed by atoms with E-state index in [2.05, 4.69) is 6.58 Å². The minimum Gasteiger partial charge on any atom is -0.462 e. The molecule has 4 rings (SSSR count). The van der Waals surface area contributed by atoms with Crippen molar-refractivity contribution in [1.82, 2.24) is 0 Å². The third-order valence-corrected chi connectivity index (χ3v) is 9.78. The summed E-state index contributed by atoms with van der Waals surface area (Å²) in [6.07, 6.45) is -0.494. The lowest BCUT2D eigenvalue weighted by molar-refractivity contribution is -0.203. The third kappa shape index (κ3) is 6.39. The van der Waals surface area contributed by atoms with Crippen molar-refractivity contribution in [3.63, 3.8) is 0 Å². The molecule has 0 heterocycles. The molecule has 238 valence electrons. The number of carbonyl (C=O) groups excluding carboxylic acids is 4. The van der Waals surface area contributed by atoms with Gasteiger partial charge in [0.15, 0.2) is 6.10 Å². The first kappa shape index (κ1) is 33.2. The number of rotatable bonds is 6. The molecular weight excluding hydrogens is 564 g/mol. The number of aliphatic hydroxyl groups excluding tert-OH is 1. The van der Waals surface area contributed by atoms with Crippen LogP contribution in [0.1, 0.15) is 73.3 Å². The van der Waals surface area contributed by atoms with E-state index in [4.69, 9.17) is 18.9 Å². The van der Waals surface area contributed by atoms with Gasteiger partial charge in [-0.1, -0.05) is 57.7 Å². The summed E-state index contributed by atoms with van der Waals surface area (Å²) in [5, 5.41) is 11.0. The van der Waals surface area contributed by atoms with E-state index in [1.807, 2.05) is 58.0 Å². The number of ether oxygens (including phenoxy) is 4. The lowest BCUT2D eigenvalue weighted by Crippen LogP contribution is -2.64. The van der Waals surface area contributed by atoms with Crippen LogP contribution in [0.15, 0.2) is 59.7 Å². The minimum atomic E-state index is -1.04. The van der Waals surface area contributed by atoms with E-state index >= 15 is 0 Å². The van der Waals surface area contributed by atoms with E-state index < -0.39 is 77.1 Å². The third-order valence-electron chi connectivity index (χ3n) is 9.78. The van der Waals surface area contributed by atoms with E-state index in [9.17, 15) is 24.3 Å². The van der Waals surface area contributed by atoms with Crippen molar-refractivity contribution in [2.45, 2.75) is 98.2 Å². The fraction of sp³-hybridized carbons (Fsp3) is 0.543. The average Bonchev–Trinajstić information content (AvgIpc) is 2.93. The highest BCUT2D eigenvalue weighted by Gasteiger charge is 2.64. The molecule has 1 aromatic rings. The Morgan fingerprint density at radius 2 is 1.55 bits per heavy atom. The van der Waals surface area contributed by atoms with Crippen molar-refractivity contribution in [2.24, 2.45) is 22.7 Å². The van der Waals surface area contributed by atoms with Crippen molar-refractivity contribution in [2.75, 3.05) is 0 Å². The van der Waals surface area contributed by atoms with E-state index in [0.29, 0.717) is 36.0 Å². The van der Waals surface area contributed by atoms with Gasteiger partial charge in [0, 0.05) is 44.1 Å². The molecule has 2 bridgehead atoms. The van der Waals surface area contributed by atoms with Crippen LogP contribution < -0.4 is 0 Å². The van der Waals surface area contributed by atoms with Gasteiger partial charge in [0.1, 0.15) is 18.3 Å². The standard InChI is InChI=1S/C35H44O9/c1-19-26(39)16-17-35(8)30(19)31(41-21(3)36)25-18-27(44-28(40)15-14-24-12-10-9-11-13-24)20(2)29(34(25,6)7)32(42-22(4)37)33(35)43-23(5)38/h9-15,25-27,30-33,39H,1,16-18H2,2-8H3/b15-14+/t25-,26-,27-,30-,31+,32+,33-,35+/m0/s1. The van der Waals surface area contributed by atoms with Gasteiger partial charge in [-0.2, -0.15) is 0 Å². The Bertz CT molecular complexity index is 1370. The molecule has 3 aliphatic carbocycles. The molecule has 0 aromatic heterocycles. The summed E-state index contributed by atoms with van der Waals surface area (Å²) in [5.74, 6) is -3.36. The Morgan fingerprint density at radius 1 is 0.932 bits per heavy atom. The van der Waals surface area contributed by atoms with Gasteiger partial charge in [-0.3, -0.25) is 14.4 Å². The molecule has 1 N–H and O–H groups in total. The van der Waals surface area contributed by atoms with Gasteiger partial charge in [-0.25, -0.2) is 4.79 Å². The largest absolute Gasteiger partial charge is 0.462 e. The number of carbonyl (C=O) groups is 4. The summed E-state index contributed by atoms with van der Waals surface area (Å²) in [4.78, 5) is 51.2. The zero-order valence-corrected chi connectivity index (χ0v) is 26.6. The molecule has 0 aliphatic heterocycles. The monoisotopic (exact) mass is 608 g/mol. The van der Waals surface area contributed by atoms with Crippen LogP contribution >= 0.6 is 0 Å². The fourth-order valence-electron chi connectivity index (χ4n) is 7.83. The van der Waals surface area contributed by atoms with Gasteiger partial charge in [0.05, 0.1) is 6.10 Å². The summed E-state index contributed by atoms with van der Waals surface area (Å²) < 4.78 is 24.3. The molecule has 44 heavy (non-hydrogen) atoms. The van der Waals surface area contributed by atoms with Crippen LogP contribution in [0.2, 0.25) is 0 Å². The quantitative estimate of drug-likeness (QED) is 0.203. The van der Waals surface area contributed by atoms with Crippen LogP contribution in [0.25, 0.3) is 6.08 Å². The highest BCUT2D eigenvalue weighted by Crippen LogP contribution is 2.61. The topological polar surface area (TPSA) is 125 Å². The molecule has 3 aliphatic rings. The fourth-order valence-corrected chi connectivity index (χ4v) is 7.83. The zero-order valence-electron chi connectivity index (χ0n) is 26.6. The van der Waals surface area contributed by atoms with Gasteiger partial charge in [0.2, 0.25) is 0 Å². The normalized spacial score (nSPS) is 33.0. The van der Waals surface area contributed by atoms with Crippen LogP contribution in [0, 0.1) is 22.7 Å². The smallest absolute Gasteiger partial charge is 0.331 e. The molecule has 8 atom stereocenters. The minimum absolute atomic E-state index is 0.298. The number of aliphatic hydroxyl groups is 1. The van der Waals surface area contributed by atoms with Crippen molar-refractivity contribution in [3.8, 4) is 0 Å². The molecule has 2 fully saturated rings. The Hall–Kier alpha value is -3.72. The first-order valence-corrected chi connectivity index (χ1v) is 15.1. The molecular formula is C35H44O9. The molecule has 2 saturated carbocycles. The summed E-state index contributed by atoms with van der Waals surface area (Å²) in [7, 11) is 0. The second kappa shape index (κ2) is 12.7. The first-order chi connectivity index (χ1) is 20.6. The molecule has 0 spiro atoms. The van der Waals surface area contributed by atoms with E-state index in [-0.39, 0.29) is 0 Å². The Balaban J connectivity index is 1.93. The van der Waals surface area contributed by atoms with Crippen LogP contribution in [0.3, 0.4) is 0 Å². The number of fused-ring (bicyclic) bond motifs is 3.